The minimum absolute atomic E-state index is 0.101. The Kier molecular flexibility index (Phi) is 5.36. The molecule has 2 N–H and O–H groups in total. The first-order valence-electron chi connectivity index (χ1n) is 7.79. The first kappa shape index (κ1) is 17.8. The number of carbonyl (C=O) groups excluding carboxylic acids is 1. The molecular formula is C15H24N4O3S. The first-order chi connectivity index (χ1) is 10.7. The van der Waals surface area contributed by atoms with Gasteiger partial charge in [0.05, 0.1) is 4.75 Å². The third kappa shape index (κ3) is 4.71. The van der Waals surface area contributed by atoms with E-state index in [4.69, 9.17) is 0 Å². The number of anilines is 1. The molecule has 2 rings (SSSR count). The van der Waals surface area contributed by atoms with Crippen molar-refractivity contribution in [3.8, 4) is 0 Å². The molecule has 0 aromatic carbocycles. The van der Waals surface area contributed by atoms with Gasteiger partial charge in [0.15, 0.2) is 0 Å². The van der Waals surface area contributed by atoms with Crippen molar-refractivity contribution in [2.45, 2.75) is 57.2 Å². The number of rotatable bonds is 4. The number of nitrogens with zero attached hydrogens (tertiary/aromatic N) is 2. The second-order valence-corrected chi connectivity index (χ2v) is 9.31. The molecular weight excluding hydrogens is 316 g/mol. The Bertz CT molecular complexity index is 632. The molecule has 1 aliphatic rings. The predicted molar refractivity (Wildman–Crippen MR) is 88.2 cm³/mol. The van der Waals surface area contributed by atoms with Crippen LogP contribution >= 0.6 is 0 Å². The van der Waals surface area contributed by atoms with Crippen LogP contribution in [0.5, 0.6) is 0 Å². The molecule has 7 nitrogen and oxygen atoms in total. The number of aromatic nitrogens is 2. The average molecular weight is 340 g/mol. The van der Waals surface area contributed by atoms with Crippen molar-refractivity contribution < 1.29 is 13.2 Å². The molecule has 128 valence electrons. The molecule has 0 radical (unpaired) electrons. The van der Waals surface area contributed by atoms with E-state index in [0.717, 1.165) is 0 Å². The Labute approximate surface area is 137 Å². The lowest BCUT2D eigenvalue weighted by Crippen LogP contribution is -2.46. The number of nitrogens with one attached hydrogen (secondary N) is 2. The minimum Gasteiger partial charge on any atom is -0.294 e. The van der Waals surface area contributed by atoms with E-state index in [1.54, 1.807) is 39.2 Å². The zero-order valence-electron chi connectivity index (χ0n) is 13.7. The second-order valence-electron chi connectivity index (χ2n) is 6.84. The zero-order chi connectivity index (χ0) is 17.1. The zero-order valence-corrected chi connectivity index (χ0v) is 14.6. The van der Waals surface area contributed by atoms with Crippen LogP contribution in [-0.2, 0) is 14.8 Å². The summed E-state index contributed by atoms with van der Waals surface area (Å²) in [5.41, 5.74) is 0. The summed E-state index contributed by atoms with van der Waals surface area (Å²) in [7, 11) is -3.35. The molecule has 0 spiro atoms. The van der Waals surface area contributed by atoms with Crippen LogP contribution in [0.3, 0.4) is 0 Å². The van der Waals surface area contributed by atoms with E-state index in [2.05, 4.69) is 20.0 Å². The maximum atomic E-state index is 12.2. The van der Waals surface area contributed by atoms with E-state index in [1.807, 2.05) is 0 Å². The molecule has 0 saturated heterocycles. The first-order valence-corrected chi connectivity index (χ1v) is 9.27. The Morgan fingerprint density at radius 2 is 1.70 bits per heavy atom. The van der Waals surface area contributed by atoms with Crippen molar-refractivity contribution in [2.24, 2.45) is 5.92 Å². The van der Waals surface area contributed by atoms with Gasteiger partial charge in [-0.2, -0.15) is 0 Å². The predicted octanol–water partition coefficient (Wildman–Crippen LogP) is 1.69. The molecule has 1 fully saturated rings. The van der Waals surface area contributed by atoms with Gasteiger partial charge in [-0.25, -0.2) is 23.1 Å². The highest BCUT2D eigenvalue weighted by molar-refractivity contribution is 7.90. The van der Waals surface area contributed by atoms with E-state index in [1.165, 1.54) is 0 Å². The van der Waals surface area contributed by atoms with Gasteiger partial charge in [-0.15, -0.1) is 0 Å². The van der Waals surface area contributed by atoms with Gasteiger partial charge in [0.1, 0.15) is 0 Å². The van der Waals surface area contributed by atoms with Crippen LogP contribution < -0.4 is 10.0 Å². The van der Waals surface area contributed by atoms with E-state index in [-0.39, 0.29) is 17.9 Å². The summed E-state index contributed by atoms with van der Waals surface area (Å²) in [5.74, 6) is 0.0654. The fraction of sp³-hybridized carbons (Fsp3) is 0.667. The van der Waals surface area contributed by atoms with Crippen molar-refractivity contribution in [3.05, 3.63) is 18.5 Å². The molecule has 1 aromatic rings. The molecule has 1 heterocycles. The van der Waals surface area contributed by atoms with Crippen LogP contribution in [0.2, 0.25) is 0 Å². The maximum absolute atomic E-state index is 12.2. The molecule has 0 aliphatic heterocycles. The van der Waals surface area contributed by atoms with Gasteiger partial charge >= 0.3 is 0 Å². The smallest absolute Gasteiger partial charge is 0.229 e. The second kappa shape index (κ2) is 6.92. The lowest BCUT2D eigenvalue weighted by Gasteiger charge is -2.30. The monoisotopic (exact) mass is 340 g/mol. The van der Waals surface area contributed by atoms with Crippen LogP contribution in [0, 0.1) is 5.92 Å². The van der Waals surface area contributed by atoms with E-state index in [9.17, 15) is 13.2 Å². The summed E-state index contributed by atoms with van der Waals surface area (Å²) in [5, 5.41) is 2.70. The van der Waals surface area contributed by atoms with Gasteiger partial charge in [-0.1, -0.05) is 0 Å². The van der Waals surface area contributed by atoms with Crippen molar-refractivity contribution in [3.63, 3.8) is 0 Å². The topological polar surface area (TPSA) is 101 Å². The Balaban J connectivity index is 1.85. The third-order valence-electron chi connectivity index (χ3n) is 4.03. The number of hydrogen-bond acceptors (Lipinski definition) is 5. The molecule has 0 atom stereocenters. The molecule has 1 aliphatic carbocycles. The van der Waals surface area contributed by atoms with Crippen LogP contribution in [0.15, 0.2) is 18.5 Å². The lowest BCUT2D eigenvalue weighted by molar-refractivity contribution is -0.120. The summed E-state index contributed by atoms with van der Waals surface area (Å²) < 4.78 is 26.3. The third-order valence-corrected chi connectivity index (χ3v) is 6.28. The largest absolute Gasteiger partial charge is 0.294 e. The Hall–Kier alpha value is -1.54. The van der Waals surface area contributed by atoms with Crippen molar-refractivity contribution in [2.75, 3.05) is 5.32 Å². The molecule has 8 heteroatoms. The SMILES string of the molecule is CC(C)(C)S(=O)(=O)N[C@H]1CC[C@H](C(=O)Nc2ncccn2)CC1. The molecule has 0 bridgehead atoms. The number of hydrogen-bond donors (Lipinski definition) is 2. The van der Waals surface area contributed by atoms with Gasteiger partial charge in [-0.05, 0) is 52.5 Å². The highest BCUT2D eigenvalue weighted by Crippen LogP contribution is 2.27. The summed E-state index contributed by atoms with van der Waals surface area (Å²) in [6.07, 6.45) is 5.75. The van der Waals surface area contributed by atoms with Crippen LogP contribution in [0.25, 0.3) is 0 Å². The van der Waals surface area contributed by atoms with Crippen molar-refractivity contribution >= 4 is 21.9 Å². The normalized spacial score (nSPS) is 22.6. The Morgan fingerprint density at radius 1 is 1.13 bits per heavy atom. The summed E-state index contributed by atoms with van der Waals surface area (Å²) in [6, 6.07) is 1.58. The van der Waals surface area contributed by atoms with Crippen molar-refractivity contribution in [1.82, 2.24) is 14.7 Å². The molecule has 23 heavy (non-hydrogen) atoms. The summed E-state index contributed by atoms with van der Waals surface area (Å²) >= 11 is 0. The highest BCUT2D eigenvalue weighted by atomic mass is 32.2. The molecule has 1 saturated carbocycles. The fourth-order valence-corrected chi connectivity index (χ4v) is 3.47. The number of sulfonamides is 1. The Morgan fingerprint density at radius 3 is 2.22 bits per heavy atom. The van der Waals surface area contributed by atoms with Gasteiger partial charge < -0.3 is 0 Å². The van der Waals surface area contributed by atoms with Crippen LogP contribution in [-0.4, -0.2) is 35.1 Å². The van der Waals surface area contributed by atoms with Gasteiger partial charge in [0.25, 0.3) is 0 Å². The highest BCUT2D eigenvalue weighted by Gasteiger charge is 2.34. The van der Waals surface area contributed by atoms with Crippen molar-refractivity contribution in [1.29, 1.82) is 0 Å². The van der Waals surface area contributed by atoms with E-state index in [0.29, 0.717) is 31.6 Å². The quantitative estimate of drug-likeness (QED) is 0.868. The van der Waals surface area contributed by atoms with Crippen LogP contribution in [0.4, 0.5) is 5.95 Å². The lowest BCUT2D eigenvalue weighted by atomic mass is 9.86. The standard InChI is InChI=1S/C15H24N4O3S/c1-15(2,3)23(21,22)19-12-7-5-11(6-8-12)13(20)18-14-16-9-4-10-17-14/h4,9-12,19H,5-8H2,1-3H3,(H,16,17,18,20)/t11-,12-. The van der Waals surface area contributed by atoms with Gasteiger partial charge in [0, 0.05) is 24.4 Å². The summed E-state index contributed by atoms with van der Waals surface area (Å²) in [6.45, 7) is 5.02. The maximum Gasteiger partial charge on any atom is 0.229 e. The minimum atomic E-state index is -3.35. The van der Waals surface area contributed by atoms with Gasteiger partial charge in [0.2, 0.25) is 21.9 Å². The summed E-state index contributed by atoms with van der Waals surface area (Å²) in [4.78, 5) is 20.1. The van der Waals surface area contributed by atoms with Crippen LogP contribution in [0.1, 0.15) is 46.5 Å². The van der Waals surface area contributed by atoms with E-state index < -0.39 is 14.8 Å². The number of amides is 1. The molecule has 1 amide bonds. The molecule has 1 aromatic heterocycles. The average Bonchev–Trinajstić information content (AvgIpc) is 2.47. The van der Waals surface area contributed by atoms with Gasteiger partial charge in [-0.3, -0.25) is 10.1 Å². The fourth-order valence-electron chi connectivity index (χ4n) is 2.45. The van der Waals surface area contributed by atoms with E-state index >= 15 is 0 Å². The molecule has 0 unspecified atom stereocenters. The number of carbonyl (C=O) groups is 1.